The topological polar surface area (TPSA) is 25.2 Å². The normalized spacial score (nSPS) is 12.6. The molecule has 19 heavy (non-hydrogen) atoms. The Morgan fingerprint density at radius 3 is 2.53 bits per heavy atom. The van der Waals surface area contributed by atoms with E-state index in [1.807, 2.05) is 19.1 Å². The summed E-state index contributed by atoms with van der Waals surface area (Å²) in [5.74, 6) is -0.216. The maximum absolute atomic E-state index is 13.3. The molecular weight excluding hydrogens is 248 g/mol. The summed E-state index contributed by atoms with van der Waals surface area (Å²) >= 11 is 0. The molecule has 0 fully saturated rings. The lowest BCUT2D eigenvalue weighted by atomic mass is 10.0. The average molecular weight is 265 g/mol. The highest BCUT2D eigenvalue weighted by Crippen LogP contribution is 2.21. The van der Waals surface area contributed by atoms with Crippen LogP contribution < -0.4 is 5.32 Å². The van der Waals surface area contributed by atoms with Crippen LogP contribution in [0.25, 0.3) is 0 Å². The third kappa shape index (κ3) is 3.89. The van der Waals surface area contributed by atoms with Crippen LogP contribution in [0.15, 0.2) is 41.0 Å². The summed E-state index contributed by atoms with van der Waals surface area (Å²) in [4.78, 5) is 0. The van der Waals surface area contributed by atoms with Gasteiger partial charge in [-0.15, -0.1) is 0 Å². The van der Waals surface area contributed by atoms with Crippen LogP contribution in [0.3, 0.4) is 0 Å². The largest absolute Gasteiger partial charge is 0.469 e. The molecule has 0 spiro atoms. The number of nitrogens with one attached hydrogen (secondary N) is 1. The molecule has 0 radical (unpaired) electrons. The molecule has 0 aliphatic carbocycles. The molecule has 1 atom stereocenters. The highest BCUT2D eigenvalue weighted by molar-refractivity contribution is 5.21. The standard InChI is InChI=1S/C15H17F2NO/c1-2-18-15(6-5-14-4-3-7-19-14)11-8-12(16)10-13(17)9-11/h3-4,7-10,15,18H,2,5-6H2,1H3. The lowest BCUT2D eigenvalue weighted by molar-refractivity contribution is 0.455. The summed E-state index contributed by atoms with van der Waals surface area (Å²) in [5.41, 5.74) is 0.630. The van der Waals surface area contributed by atoms with Gasteiger partial charge >= 0.3 is 0 Å². The van der Waals surface area contributed by atoms with Crippen LogP contribution in [0.4, 0.5) is 8.78 Å². The monoisotopic (exact) mass is 265 g/mol. The van der Waals surface area contributed by atoms with Gasteiger partial charge in [0.2, 0.25) is 0 Å². The third-order valence-corrected chi connectivity index (χ3v) is 3.00. The highest BCUT2D eigenvalue weighted by atomic mass is 19.1. The minimum Gasteiger partial charge on any atom is -0.469 e. The fourth-order valence-electron chi connectivity index (χ4n) is 2.15. The first-order chi connectivity index (χ1) is 9.19. The molecule has 1 aromatic heterocycles. The van der Waals surface area contributed by atoms with Gasteiger partial charge in [-0.25, -0.2) is 8.78 Å². The van der Waals surface area contributed by atoms with Crippen LogP contribution in [0, 0.1) is 11.6 Å². The minimum absolute atomic E-state index is 0.0831. The number of hydrogen-bond acceptors (Lipinski definition) is 2. The van der Waals surface area contributed by atoms with E-state index in [-0.39, 0.29) is 6.04 Å². The fourth-order valence-corrected chi connectivity index (χ4v) is 2.15. The third-order valence-electron chi connectivity index (χ3n) is 3.00. The van der Waals surface area contributed by atoms with Gasteiger partial charge in [0.25, 0.3) is 0 Å². The molecule has 0 amide bonds. The number of halogens is 2. The molecule has 0 saturated heterocycles. The zero-order valence-electron chi connectivity index (χ0n) is 10.8. The molecule has 1 heterocycles. The van der Waals surface area contributed by atoms with E-state index in [4.69, 9.17) is 4.42 Å². The van der Waals surface area contributed by atoms with Gasteiger partial charge in [-0.05, 0) is 42.8 Å². The van der Waals surface area contributed by atoms with E-state index >= 15 is 0 Å². The second-order valence-electron chi connectivity index (χ2n) is 4.43. The van der Waals surface area contributed by atoms with E-state index in [1.54, 1.807) is 6.26 Å². The molecule has 2 aromatic rings. The van der Waals surface area contributed by atoms with Gasteiger partial charge in [-0.3, -0.25) is 0 Å². The number of hydrogen-bond donors (Lipinski definition) is 1. The summed E-state index contributed by atoms with van der Waals surface area (Å²) in [7, 11) is 0. The van der Waals surface area contributed by atoms with E-state index in [0.717, 1.165) is 31.2 Å². The fraction of sp³-hybridized carbons (Fsp3) is 0.333. The molecule has 2 rings (SSSR count). The Labute approximate surface area is 111 Å². The second-order valence-corrected chi connectivity index (χ2v) is 4.43. The SMILES string of the molecule is CCNC(CCc1ccco1)c1cc(F)cc(F)c1. The zero-order valence-corrected chi connectivity index (χ0v) is 10.8. The van der Waals surface area contributed by atoms with Crippen molar-refractivity contribution in [2.45, 2.75) is 25.8 Å². The van der Waals surface area contributed by atoms with Crippen LogP contribution in [-0.4, -0.2) is 6.54 Å². The molecule has 4 heteroatoms. The molecule has 0 bridgehead atoms. The smallest absolute Gasteiger partial charge is 0.126 e. The van der Waals surface area contributed by atoms with Gasteiger partial charge in [0.1, 0.15) is 17.4 Å². The van der Waals surface area contributed by atoms with Crippen molar-refractivity contribution in [3.05, 3.63) is 59.6 Å². The molecule has 1 aromatic carbocycles. The van der Waals surface area contributed by atoms with Crippen LogP contribution in [-0.2, 0) is 6.42 Å². The lowest BCUT2D eigenvalue weighted by Gasteiger charge is -2.18. The molecule has 1 N–H and O–H groups in total. The van der Waals surface area contributed by atoms with E-state index < -0.39 is 11.6 Å². The van der Waals surface area contributed by atoms with Gasteiger partial charge in [-0.1, -0.05) is 6.92 Å². The first kappa shape index (κ1) is 13.7. The quantitative estimate of drug-likeness (QED) is 0.858. The number of aryl methyl sites for hydroxylation is 1. The number of furan rings is 1. The molecule has 102 valence electrons. The van der Waals surface area contributed by atoms with Crippen molar-refractivity contribution in [1.29, 1.82) is 0 Å². The van der Waals surface area contributed by atoms with Crippen molar-refractivity contribution >= 4 is 0 Å². The Kier molecular flexibility index (Phi) is 4.68. The Bertz CT molecular complexity index is 491. The van der Waals surface area contributed by atoms with Crippen LogP contribution in [0.2, 0.25) is 0 Å². The number of benzene rings is 1. The van der Waals surface area contributed by atoms with Crippen LogP contribution >= 0.6 is 0 Å². The Morgan fingerprint density at radius 1 is 1.21 bits per heavy atom. The maximum atomic E-state index is 13.3. The Balaban J connectivity index is 2.09. The maximum Gasteiger partial charge on any atom is 0.126 e. The van der Waals surface area contributed by atoms with Crippen LogP contribution in [0.5, 0.6) is 0 Å². The lowest BCUT2D eigenvalue weighted by Crippen LogP contribution is -2.21. The summed E-state index contributed by atoms with van der Waals surface area (Å²) in [6.07, 6.45) is 3.08. The van der Waals surface area contributed by atoms with Gasteiger partial charge in [-0.2, -0.15) is 0 Å². The molecule has 0 aliphatic rings. The summed E-state index contributed by atoms with van der Waals surface area (Å²) < 4.78 is 31.8. The van der Waals surface area contributed by atoms with E-state index in [1.165, 1.54) is 12.1 Å². The van der Waals surface area contributed by atoms with E-state index in [9.17, 15) is 8.78 Å². The second kappa shape index (κ2) is 6.48. The van der Waals surface area contributed by atoms with Gasteiger partial charge in [0, 0.05) is 18.5 Å². The zero-order chi connectivity index (χ0) is 13.7. The first-order valence-corrected chi connectivity index (χ1v) is 6.40. The summed E-state index contributed by atoms with van der Waals surface area (Å²) in [5, 5.41) is 3.24. The molecular formula is C15H17F2NO. The van der Waals surface area contributed by atoms with E-state index in [2.05, 4.69) is 5.32 Å². The Hall–Kier alpha value is -1.68. The van der Waals surface area contributed by atoms with Crippen molar-refractivity contribution in [1.82, 2.24) is 5.32 Å². The number of rotatable bonds is 6. The van der Waals surface area contributed by atoms with Gasteiger partial charge in [0.05, 0.1) is 6.26 Å². The van der Waals surface area contributed by atoms with Crippen molar-refractivity contribution in [2.24, 2.45) is 0 Å². The van der Waals surface area contributed by atoms with Crippen molar-refractivity contribution in [2.75, 3.05) is 6.54 Å². The van der Waals surface area contributed by atoms with Crippen molar-refractivity contribution in [3.63, 3.8) is 0 Å². The Morgan fingerprint density at radius 2 is 1.95 bits per heavy atom. The summed E-state index contributed by atoms with van der Waals surface area (Å²) in [6.45, 7) is 2.70. The van der Waals surface area contributed by atoms with Crippen molar-refractivity contribution < 1.29 is 13.2 Å². The molecule has 0 aliphatic heterocycles. The van der Waals surface area contributed by atoms with Gasteiger partial charge < -0.3 is 9.73 Å². The van der Waals surface area contributed by atoms with Crippen molar-refractivity contribution in [3.8, 4) is 0 Å². The predicted molar refractivity (Wildman–Crippen MR) is 69.8 cm³/mol. The average Bonchev–Trinajstić information content (AvgIpc) is 2.86. The molecule has 0 saturated carbocycles. The molecule has 1 unspecified atom stereocenters. The summed E-state index contributed by atoms with van der Waals surface area (Å²) in [6, 6.07) is 7.28. The van der Waals surface area contributed by atoms with Gasteiger partial charge in [0.15, 0.2) is 0 Å². The van der Waals surface area contributed by atoms with Crippen LogP contribution in [0.1, 0.15) is 30.7 Å². The van der Waals surface area contributed by atoms with E-state index in [0.29, 0.717) is 5.56 Å². The first-order valence-electron chi connectivity index (χ1n) is 6.40. The minimum atomic E-state index is -0.545. The predicted octanol–water partition coefficient (Wildman–Crippen LogP) is 3.84. The molecule has 2 nitrogen and oxygen atoms in total. The highest BCUT2D eigenvalue weighted by Gasteiger charge is 2.13.